The number of halogens is 2. The molecule has 5 nitrogen and oxygen atoms in total. The molecule has 1 N–H and O–H groups in total. The lowest BCUT2D eigenvalue weighted by atomic mass is 10.0. The Hall–Kier alpha value is -2.83. The molecule has 0 saturated carbocycles. The Morgan fingerprint density at radius 3 is 2.42 bits per heavy atom. The van der Waals surface area contributed by atoms with Crippen molar-refractivity contribution < 1.29 is 14.3 Å². The lowest BCUT2D eigenvalue weighted by Crippen LogP contribution is -2.51. The number of ether oxygens (including phenoxy) is 1. The van der Waals surface area contributed by atoms with Gasteiger partial charge in [0.2, 0.25) is 5.91 Å². The lowest BCUT2D eigenvalue weighted by molar-refractivity contribution is -0.142. The summed E-state index contributed by atoms with van der Waals surface area (Å²) in [5.74, 6) is -0.134. The molecular formula is C26H26BrClN2O3. The van der Waals surface area contributed by atoms with Gasteiger partial charge in [0.1, 0.15) is 11.8 Å². The van der Waals surface area contributed by atoms with Crippen LogP contribution in [0.15, 0.2) is 77.3 Å². The van der Waals surface area contributed by atoms with E-state index in [1.165, 1.54) is 0 Å². The second-order valence-corrected chi connectivity index (χ2v) is 9.02. The lowest BCUT2D eigenvalue weighted by Gasteiger charge is -2.31. The normalized spacial score (nSPS) is 11.5. The van der Waals surface area contributed by atoms with Gasteiger partial charge in [-0.3, -0.25) is 9.59 Å². The molecule has 0 aliphatic carbocycles. The molecule has 0 unspecified atom stereocenters. The van der Waals surface area contributed by atoms with Gasteiger partial charge in [0.05, 0.1) is 5.02 Å². The Kier molecular flexibility index (Phi) is 8.92. The summed E-state index contributed by atoms with van der Waals surface area (Å²) in [5.41, 5.74) is 2.98. The van der Waals surface area contributed by atoms with Crippen molar-refractivity contribution in [2.24, 2.45) is 0 Å². The molecule has 0 heterocycles. The van der Waals surface area contributed by atoms with Gasteiger partial charge in [0.25, 0.3) is 5.91 Å². The first kappa shape index (κ1) is 24.8. The first-order valence-corrected chi connectivity index (χ1v) is 11.7. The van der Waals surface area contributed by atoms with E-state index in [4.69, 9.17) is 16.3 Å². The van der Waals surface area contributed by atoms with Gasteiger partial charge in [-0.25, -0.2) is 0 Å². The molecule has 2 amide bonds. The molecule has 0 radical (unpaired) electrons. The first-order valence-electron chi connectivity index (χ1n) is 10.6. The van der Waals surface area contributed by atoms with Gasteiger partial charge in [-0.15, -0.1) is 0 Å². The third-order valence-corrected chi connectivity index (χ3v) is 5.99. The van der Waals surface area contributed by atoms with E-state index >= 15 is 0 Å². The Bertz CT molecular complexity index is 1110. The number of rotatable bonds is 9. The zero-order chi connectivity index (χ0) is 23.8. The molecule has 7 heteroatoms. The van der Waals surface area contributed by atoms with Crippen LogP contribution in [0, 0.1) is 6.92 Å². The fraction of sp³-hybridized carbons (Fsp3) is 0.231. The maximum absolute atomic E-state index is 13.4. The number of likely N-dealkylation sites (N-methyl/N-ethyl adjacent to an activating group) is 1. The summed E-state index contributed by atoms with van der Waals surface area (Å²) in [5, 5.41) is 3.10. The predicted octanol–water partition coefficient (Wildman–Crippen LogP) is 5.18. The van der Waals surface area contributed by atoms with Crippen LogP contribution in [0.1, 0.15) is 16.7 Å². The summed E-state index contributed by atoms with van der Waals surface area (Å²) in [4.78, 5) is 27.9. The molecule has 0 aliphatic rings. The zero-order valence-corrected chi connectivity index (χ0v) is 20.9. The summed E-state index contributed by atoms with van der Waals surface area (Å²) in [6.07, 6.45) is 0.386. The Morgan fingerprint density at radius 1 is 1.03 bits per heavy atom. The summed E-state index contributed by atoms with van der Waals surface area (Å²) >= 11 is 9.60. The van der Waals surface area contributed by atoms with E-state index in [1.807, 2.05) is 61.5 Å². The van der Waals surface area contributed by atoms with E-state index < -0.39 is 6.04 Å². The number of nitrogens with one attached hydrogen (secondary N) is 1. The topological polar surface area (TPSA) is 58.6 Å². The average molecular weight is 530 g/mol. The van der Waals surface area contributed by atoms with Crippen LogP contribution in [0.5, 0.6) is 5.75 Å². The molecule has 3 rings (SSSR count). The van der Waals surface area contributed by atoms with Crippen LogP contribution < -0.4 is 10.1 Å². The minimum absolute atomic E-state index is 0.235. The number of benzene rings is 3. The number of hydrogen-bond acceptors (Lipinski definition) is 3. The first-order chi connectivity index (χ1) is 15.9. The molecular weight excluding hydrogens is 504 g/mol. The van der Waals surface area contributed by atoms with Crippen molar-refractivity contribution in [3.8, 4) is 5.75 Å². The number of amides is 2. The van der Waals surface area contributed by atoms with Crippen molar-refractivity contribution in [3.05, 3.63) is 99.0 Å². The number of carbonyl (C=O) groups excluding carboxylic acids is 2. The van der Waals surface area contributed by atoms with Crippen molar-refractivity contribution in [1.82, 2.24) is 10.2 Å². The van der Waals surface area contributed by atoms with Crippen LogP contribution in [-0.4, -0.2) is 36.4 Å². The number of nitrogens with zero attached hydrogens (tertiary/aromatic N) is 1. The minimum Gasteiger partial charge on any atom is -0.482 e. The largest absolute Gasteiger partial charge is 0.482 e. The van der Waals surface area contributed by atoms with Crippen molar-refractivity contribution in [2.45, 2.75) is 25.9 Å². The SMILES string of the molecule is CNC(=O)[C@H](Cc1ccccc1)N(Cc1cccc(C)c1)C(=O)COc1ccc(Br)cc1Cl. The standard InChI is InChI=1S/C26H26BrClN2O3/c1-18-7-6-10-20(13-18)16-30(23(26(32)29-2)14-19-8-4-3-5-9-19)25(31)17-33-24-12-11-21(27)15-22(24)28/h3-13,15,23H,14,16-17H2,1-2H3,(H,29,32)/t23-/m0/s1. The van der Waals surface area contributed by atoms with Crippen LogP contribution >= 0.6 is 27.5 Å². The van der Waals surface area contributed by atoms with E-state index in [2.05, 4.69) is 21.2 Å². The number of hydrogen-bond donors (Lipinski definition) is 1. The quantitative estimate of drug-likeness (QED) is 0.416. The van der Waals surface area contributed by atoms with E-state index in [-0.39, 0.29) is 25.0 Å². The van der Waals surface area contributed by atoms with Gasteiger partial charge in [0.15, 0.2) is 6.61 Å². The Balaban J connectivity index is 1.88. The Morgan fingerprint density at radius 2 is 1.76 bits per heavy atom. The third-order valence-electron chi connectivity index (χ3n) is 5.20. The van der Waals surface area contributed by atoms with Crippen molar-refractivity contribution >= 4 is 39.3 Å². The molecule has 0 aromatic heterocycles. The highest BCUT2D eigenvalue weighted by molar-refractivity contribution is 9.10. The van der Waals surface area contributed by atoms with Crippen LogP contribution in [0.4, 0.5) is 0 Å². The van der Waals surface area contributed by atoms with Gasteiger partial charge < -0.3 is 15.0 Å². The summed E-state index contributed by atoms with van der Waals surface area (Å²) in [6, 6.07) is 22.0. The van der Waals surface area contributed by atoms with Crippen molar-refractivity contribution in [1.29, 1.82) is 0 Å². The predicted molar refractivity (Wildman–Crippen MR) is 134 cm³/mol. The molecule has 0 spiro atoms. The molecule has 3 aromatic carbocycles. The fourth-order valence-electron chi connectivity index (χ4n) is 3.54. The van der Waals surface area contributed by atoms with Gasteiger partial charge in [0, 0.05) is 24.5 Å². The molecule has 3 aromatic rings. The van der Waals surface area contributed by atoms with Crippen LogP contribution in [0.2, 0.25) is 5.02 Å². The van der Waals surface area contributed by atoms with Gasteiger partial charge in [-0.1, -0.05) is 87.7 Å². The van der Waals surface area contributed by atoms with Gasteiger partial charge in [-0.05, 0) is 36.2 Å². The van der Waals surface area contributed by atoms with Gasteiger partial charge in [-0.2, -0.15) is 0 Å². The highest BCUT2D eigenvalue weighted by Crippen LogP contribution is 2.28. The summed E-state index contributed by atoms with van der Waals surface area (Å²) in [7, 11) is 1.58. The highest BCUT2D eigenvalue weighted by atomic mass is 79.9. The molecule has 33 heavy (non-hydrogen) atoms. The van der Waals surface area contributed by atoms with Crippen LogP contribution in [0.25, 0.3) is 0 Å². The van der Waals surface area contributed by atoms with Gasteiger partial charge >= 0.3 is 0 Å². The fourth-order valence-corrected chi connectivity index (χ4v) is 4.27. The van der Waals surface area contributed by atoms with Crippen molar-refractivity contribution in [2.75, 3.05) is 13.7 Å². The summed E-state index contributed by atoms with van der Waals surface area (Å²) < 4.78 is 6.55. The van der Waals surface area contributed by atoms with E-state index in [9.17, 15) is 9.59 Å². The molecule has 0 bridgehead atoms. The number of carbonyl (C=O) groups is 2. The van der Waals surface area contributed by atoms with E-state index in [0.717, 1.165) is 21.2 Å². The second-order valence-electron chi connectivity index (χ2n) is 7.69. The average Bonchev–Trinajstić information content (AvgIpc) is 2.81. The Labute approximate surface area is 207 Å². The molecule has 0 fully saturated rings. The zero-order valence-electron chi connectivity index (χ0n) is 18.6. The third kappa shape index (κ3) is 7.07. The number of aryl methyl sites for hydroxylation is 1. The van der Waals surface area contributed by atoms with Crippen LogP contribution in [-0.2, 0) is 22.6 Å². The second kappa shape index (κ2) is 11.9. The molecule has 1 atom stereocenters. The van der Waals surface area contributed by atoms with Crippen LogP contribution in [0.3, 0.4) is 0 Å². The minimum atomic E-state index is -0.700. The van der Waals surface area contributed by atoms with Crippen molar-refractivity contribution in [3.63, 3.8) is 0 Å². The van der Waals surface area contributed by atoms with E-state index in [1.54, 1.807) is 30.1 Å². The monoisotopic (exact) mass is 528 g/mol. The molecule has 0 aliphatic heterocycles. The maximum Gasteiger partial charge on any atom is 0.261 e. The molecule has 172 valence electrons. The smallest absolute Gasteiger partial charge is 0.261 e. The highest BCUT2D eigenvalue weighted by Gasteiger charge is 2.30. The maximum atomic E-state index is 13.4. The van der Waals surface area contributed by atoms with E-state index in [0.29, 0.717) is 17.2 Å². The molecule has 0 saturated heterocycles. The summed E-state index contributed by atoms with van der Waals surface area (Å²) in [6.45, 7) is 2.03.